The lowest BCUT2D eigenvalue weighted by atomic mass is 10.3. The molecule has 0 bridgehead atoms. The topological polar surface area (TPSA) is 122 Å². The van der Waals surface area contributed by atoms with Gasteiger partial charge in [-0.1, -0.05) is 0 Å². The Kier molecular flexibility index (Phi) is 3.71. The predicted molar refractivity (Wildman–Crippen MR) is 67.4 cm³/mol. The Morgan fingerprint density at radius 2 is 2.26 bits per heavy atom. The summed E-state index contributed by atoms with van der Waals surface area (Å²) in [5, 5.41) is 4.00. The van der Waals surface area contributed by atoms with Gasteiger partial charge in [-0.15, -0.1) is 0 Å². The second-order valence-electron chi connectivity index (χ2n) is 3.74. The zero-order valence-electron chi connectivity index (χ0n) is 10.4. The summed E-state index contributed by atoms with van der Waals surface area (Å²) in [7, 11) is 0. The number of carbonyl (C=O) groups excluding carboxylic acids is 1. The summed E-state index contributed by atoms with van der Waals surface area (Å²) in [6, 6.07) is 1.55. The van der Waals surface area contributed by atoms with Crippen molar-refractivity contribution < 1.29 is 9.53 Å². The molecule has 2 aromatic rings. The van der Waals surface area contributed by atoms with Gasteiger partial charge in [0.05, 0.1) is 11.8 Å². The van der Waals surface area contributed by atoms with E-state index in [1.54, 1.807) is 6.07 Å². The molecule has 2 aromatic heterocycles. The van der Waals surface area contributed by atoms with E-state index in [1.165, 1.54) is 17.1 Å². The van der Waals surface area contributed by atoms with Crippen molar-refractivity contribution >= 4 is 11.7 Å². The number of primary amides is 1. The monoisotopic (exact) mass is 262 g/mol. The number of hydrogen-bond acceptors (Lipinski definition) is 6. The third-order valence-electron chi connectivity index (χ3n) is 2.32. The largest absolute Gasteiger partial charge is 0.384 e. The van der Waals surface area contributed by atoms with Crippen molar-refractivity contribution in [1.82, 2.24) is 19.7 Å². The number of aromatic nitrogens is 4. The van der Waals surface area contributed by atoms with Crippen LogP contribution in [-0.4, -0.2) is 32.3 Å². The first-order valence-electron chi connectivity index (χ1n) is 5.66. The fourth-order valence-corrected chi connectivity index (χ4v) is 1.45. The van der Waals surface area contributed by atoms with Crippen LogP contribution in [-0.2, 0) is 11.3 Å². The highest BCUT2D eigenvalue weighted by Crippen LogP contribution is 2.10. The van der Waals surface area contributed by atoms with E-state index in [0.29, 0.717) is 29.6 Å². The molecule has 0 aliphatic rings. The molecule has 100 valence electrons. The second-order valence-corrected chi connectivity index (χ2v) is 3.74. The Hall–Kier alpha value is -2.48. The number of carbonyl (C=O) groups is 1. The van der Waals surface area contributed by atoms with Gasteiger partial charge in [0, 0.05) is 18.9 Å². The van der Waals surface area contributed by atoms with Crippen LogP contribution in [0, 0.1) is 0 Å². The van der Waals surface area contributed by atoms with Gasteiger partial charge in [0.2, 0.25) is 0 Å². The molecule has 2 heterocycles. The van der Waals surface area contributed by atoms with Gasteiger partial charge in [-0.05, 0) is 6.92 Å². The molecule has 0 atom stereocenters. The van der Waals surface area contributed by atoms with Crippen molar-refractivity contribution in [2.45, 2.75) is 13.5 Å². The molecule has 0 aliphatic carbocycles. The molecule has 0 fully saturated rings. The van der Waals surface area contributed by atoms with Gasteiger partial charge >= 0.3 is 0 Å². The van der Waals surface area contributed by atoms with E-state index in [0.717, 1.165) is 0 Å². The molecule has 4 N–H and O–H groups in total. The first kappa shape index (κ1) is 13.0. The van der Waals surface area contributed by atoms with Crippen LogP contribution in [0.5, 0.6) is 0 Å². The Bertz CT molecular complexity index is 595. The van der Waals surface area contributed by atoms with Crippen LogP contribution in [0.3, 0.4) is 0 Å². The molecule has 0 radical (unpaired) electrons. The van der Waals surface area contributed by atoms with Crippen LogP contribution < -0.4 is 11.5 Å². The van der Waals surface area contributed by atoms with Crippen LogP contribution in [0.4, 0.5) is 5.82 Å². The van der Waals surface area contributed by atoms with Gasteiger partial charge in [0.1, 0.15) is 12.4 Å². The van der Waals surface area contributed by atoms with Crippen molar-refractivity contribution in [3.05, 3.63) is 29.8 Å². The molecular formula is C11H14N6O2. The van der Waals surface area contributed by atoms with Crippen molar-refractivity contribution in [3.8, 4) is 5.82 Å². The second kappa shape index (κ2) is 5.44. The maximum atomic E-state index is 11.0. The molecule has 2 rings (SSSR count). The number of ether oxygens (including phenoxy) is 1. The number of anilines is 1. The molecule has 19 heavy (non-hydrogen) atoms. The standard InChI is InChI=1S/C11H14N6O2/c1-2-19-6-9-15-8(12)3-10(16-9)17-5-7(4-14-17)11(13)18/h3-5H,2,6H2,1H3,(H2,13,18)(H2,12,15,16). The number of hydrogen-bond donors (Lipinski definition) is 2. The lowest BCUT2D eigenvalue weighted by Crippen LogP contribution is -2.10. The van der Waals surface area contributed by atoms with E-state index in [1.807, 2.05) is 6.92 Å². The summed E-state index contributed by atoms with van der Waals surface area (Å²) in [5.41, 5.74) is 11.2. The first-order chi connectivity index (χ1) is 9.10. The molecule has 0 aliphatic heterocycles. The Morgan fingerprint density at radius 1 is 1.47 bits per heavy atom. The molecule has 0 aromatic carbocycles. The smallest absolute Gasteiger partial charge is 0.251 e. The zero-order valence-corrected chi connectivity index (χ0v) is 10.4. The van der Waals surface area contributed by atoms with Crippen molar-refractivity contribution in [2.24, 2.45) is 5.73 Å². The van der Waals surface area contributed by atoms with E-state index in [2.05, 4.69) is 15.1 Å². The molecular weight excluding hydrogens is 248 g/mol. The molecule has 0 saturated carbocycles. The van der Waals surface area contributed by atoms with E-state index >= 15 is 0 Å². The van der Waals surface area contributed by atoms with Crippen molar-refractivity contribution in [2.75, 3.05) is 12.3 Å². The van der Waals surface area contributed by atoms with E-state index < -0.39 is 5.91 Å². The fraction of sp³-hybridized carbons (Fsp3) is 0.273. The number of nitrogens with zero attached hydrogens (tertiary/aromatic N) is 4. The summed E-state index contributed by atoms with van der Waals surface area (Å²) >= 11 is 0. The SMILES string of the molecule is CCOCc1nc(N)cc(-n2cc(C(N)=O)cn2)n1. The molecule has 0 saturated heterocycles. The molecule has 8 heteroatoms. The minimum Gasteiger partial charge on any atom is -0.384 e. The molecule has 8 nitrogen and oxygen atoms in total. The maximum Gasteiger partial charge on any atom is 0.251 e. The third kappa shape index (κ3) is 3.05. The van der Waals surface area contributed by atoms with Gasteiger partial charge in [-0.3, -0.25) is 4.79 Å². The maximum absolute atomic E-state index is 11.0. The lowest BCUT2D eigenvalue weighted by Gasteiger charge is -2.05. The normalized spacial score (nSPS) is 10.6. The van der Waals surface area contributed by atoms with Crippen LogP contribution >= 0.6 is 0 Å². The zero-order chi connectivity index (χ0) is 13.8. The van der Waals surface area contributed by atoms with Gasteiger partial charge in [0.15, 0.2) is 11.6 Å². The van der Waals surface area contributed by atoms with Gasteiger partial charge in [-0.2, -0.15) is 5.10 Å². The molecule has 0 spiro atoms. The number of rotatable bonds is 5. The van der Waals surface area contributed by atoms with Crippen molar-refractivity contribution in [1.29, 1.82) is 0 Å². The van der Waals surface area contributed by atoms with Crippen LogP contribution in [0.1, 0.15) is 23.1 Å². The molecule has 1 amide bonds. The summed E-state index contributed by atoms with van der Waals surface area (Å²) in [6.45, 7) is 2.69. The Balaban J connectivity index is 2.32. The van der Waals surface area contributed by atoms with Crippen LogP contribution in [0.15, 0.2) is 18.5 Å². The highest BCUT2D eigenvalue weighted by atomic mass is 16.5. The number of nitrogen functional groups attached to an aromatic ring is 1. The molecule has 0 unspecified atom stereocenters. The summed E-state index contributed by atoms with van der Waals surface area (Å²) in [5.74, 6) is 0.654. The van der Waals surface area contributed by atoms with E-state index in [9.17, 15) is 4.79 Å². The average Bonchev–Trinajstić information content (AvgIpc) is 2.85. The fourth-order valence-electron chi connectivity index (χ4n) is 1.45. The minimum absolute atomic E-state index is 0.262. The first-order valence-corrected chi connectivity index (χ1v) is 5.66. The van der Waals surface area contributed by atoms with Gasteiger partial charge < -0.3 is 16.2 Å². The van der Waals surface area contributed by atoms with Gasteiger partial charge in [0.25, 0.3) is 5.91 Å². The quantitative estimate of drug-likeness (QED) is 0.774. The third-order valence-corrected chi connectivity index (χ3v) is 2.32. The number of amides is 1. The van der Waals surface area contributed by atoms with Crippen LogP contribution in [0.2, 0.25) is 0 Å². The van der Waals surface area contributed by atoms with Crippen molar-refractivity contribution in [3.63, 3.8) is 0 Å². The average molecular weight is 262 g/mol. The predicted octanol–water partition coefficient (Wildman–Crippen LogP) is -0.120. The van der Waals surface area contributed by atoms with Gasteiger partial charge in [-0.25, -0.2) is 14.6 Å². The summed E-state index contributed by atoms with van der Waals surface area (Å²) in [4.78, 5) is 19.3. The summed E-state index contributed by atoms with van der Waals surface area (Å²) < 4.78 is 6.63. The van der Waals surface area contributed by atoms with E-state index in [-0.39, 0.29) is 6.61 Å². The highest BCUT2D eigenvalue weighted by Gasteiger charge is 2.09. The van der Waals surface area contributed by atoms with Crippen LogP contribution in [0.25, 0.3) is 5.82 Å². The Morgan fingerprint density at radius 3 is 2.89 bits per heavy atom. The number of nitrogens with two attached hydrogens (primary N) is 2. The highest BCUT2D eigenvalue weighted by molar-refractivity contribution is 5.92. The lowest BCUT2D eigenvalue weighted by molar-refractivity contribution is 0.100. The summed E-state index contributed by atoms with van der Waals surface area (Å²) in [6.07, 6.45) is 2.84. The Labute approximate surface area is 109 Å². The minimum atomic E-state index is -0.553. The van der Waals surface area contributed by atoms with E-state index in [4.69, 9.17) is 16.2 Å².